The van der Waals surface area contributed by atoms with Crippen molar-refractivity contribution < 1.29 is 0 Å². The summed E-state index contributed by atoms with van der Waals surface area (Å²) in [6, 6.07) is 9.19. The Bertz CT molecular complexity index is 549. The fraction of sp³-hybridized carbons (Fsp3) is 0.533. The molecule has 1 atom stereocenters. The average molecular weight is 305 g/mol. The van der Waals surface area contributed by atoms with Gasteiger partial charge in [0.1, 0.15) is 0 Å². The maximum absolute atomic E-state index is 4.02. The van der Waals surface area contributed by atoms with Gasteiger partial charge in [0.25, 0.3) is 0 Å². The first-order chi connectivity index (χ1) is 10.1. The molecule has 0 aliphatic heterocycles. The molecule has 1 aromatic carbocycles. The number of aryl methyl sites for hydroxylation is 1. The average Bonchev–Trinajstić information content (AvgIpc) is 2.89. The third-order valence-electron chi connectivity index (χ3n) is 3.42. The Labute approximate surface area is 130 Å². The van der Waals surface area contributed by atoms with E-state index in [-0.39, 0.29) is 0 Å². The monoisotopic (exact) mass is 305 g/mol. The highest BCUT2D eigenvalue weighted by Gasteiger charge is 2.13. The van der Waals surface area contributed by atoms with E-state index in [0.717, 1.165) is 17.5 Å². The van der Waals surface area contributed by atoms with Crippen LogP contribution < -0.4 is 5.32 Å². The summed E-state index contributed by atoms with van der Waals surface area (Å²) in [5, 5.41) is 15.9. The summed E-state index contributed by atoms with van der Waals surface area (Å²) in [5.74, 6) is 1.47. The molecule has 5 nitrogen and oxygen atoms in total. The molecule has 114 valence electrons. The highest BCUT2D eigenvalue weighted by molar-refractivity contribution is 7.99. The first-order valence-electron chi connectivity index (χ1n) is 7.30. The molecule has 0 aliphatic rings. The second-order valence-electron chi connectivity index (χ2n) is 5.33. The van der Waals surface area contributed by atoms with E-state index in [1.54, 1.807) is 16.4 Å². The number of hydrogen-bond donors (Lipinski definition) is 1. The fourth-order valence-electron chi connectivity index (χ4n) is 2.13. The van der Waals surface area contributed by atoms with Crippen LogP contribution in [0.4, 0.5) is 0 Å². The summed E-state index contributed by atoms with van der Waals surface area (Å²) < 4.78 is 1.70. The van der Waals surface area contributed by atoms with E-state index >= 15 is 0 Å². The Hall–Kier alpha value is -1.40. The minimum Gasteiger partial charge on any atom is -0.309 e. The van der Waals surface area contributed by atoms with Crippen LogP contribution in [-0.4, -0.2) is 32.5 Å². The largest absolute Gasteiger partial charge is 0.309 e. The number of benzene rings is 1. The Kier molecular flexibility index (Phi) is 5.76. The van der Waals surface area contributed by atoms with Gasteiger partial charge >= 0.3 is 0 Å². The number of hydrogen-bond acceptors (Lipinski definition) is 5. The molecular formula is C15H23N5S. The van der Waals surface area contributed by atoms with Crippen LogP contribution in [-0.2, 0) is 7.05 Å². The van der Waals surface area contributed by atoms with Gasteiger partial charge in [-0.15, -0.1) is 5.10 Å². The quantitative estimate of drug-likeness (QED) is 0.797. The van der Waals surface area contributed by atoms with Crippen LogP contribution in [0.15, 0.2) is 29.4 Å². The number of nitrogens with zero attached hydrogens (tertiary/aromatic N) is 4. The van der Waals surface area contributed by atoms with Gasteiger partial charge in [-0.25, -0.2) is 4.68 Å². The van der Waals surface area contributed by atoms with Gasteiger partial charge in [0.15, 0.2) is 0 Å². The van der Waals surface area contributed by atoms with Crippen molar-refractivity contribution in [1.82, 2.24) is 25.5 Å². The predicted octanol–water partition coefficient (Wildman–Crippen LogP) is 2.78. The Morgan fingerprint density at radius 2 is 1.86 bits per heavy atom. The molecule has 0 aliphatic carbocycles. The van der Waals surface area contributed by atoms with E-state index in [4.69, 9.17) is 0 Å². The molecule has 1 aromatic heterocycles. The summed E-state index contributed by atoms with van der Waals surface area (Å²) in [6.07, 6.45) is 0. The molecule has 0 spiro atoms. The first-order valence-corrected chi connectivity index (χ1v) is 8.28. The lowest BCUT2D eigenvalue weighted by Crippen LogP contribution is -2.23. The fourth-order valence-corrected chi connectivity index (χ4v) is 3.08. The van der Waals surface area contributed by atoms with Crippen LogP contribution in [0, 0.1) is 0 Å². The normalized spacial score (nSPS) is 12.8. The topological polar surface area (TPSA) is 55.6 Å². The van der Waals surface area contributed by atoms with Gasteiger partial charge in [-0.3, -0.25) is 0 Å². The second-order valence-corrected chi connectivity index (χ2v) is 6.31. The van der Waals surface area contributed by atoms with Gasteiger partial charge < -0.3 is 5.32 Å². The maximum Gasteiger partial charge on any atom is 0.209 e. The van der Waals surface area contributed by atoms with Crippen molar-refractivity contribution >= 4 is 11.8 Å². The van der Waals surface area contributed by atoms with E-state index < -0.39 is 0 Å². The smallest absolute Gasteiger partial charge is 0.209 e. The van der Waals surface area contributed by atoms with Crippen LogP contribution in [0.25, 0.3) is 0 Å². The van der Waals surface area contributed by atoms with Crippen LogP contribution in [0.5, 0.6) is 0 Å². The number of aromatic nitrogens is 4. The minimum atomic E-state index is 0.304. The number of thioether (sulfide) groups is 1. The van der Waals surface area contributed by atoms with Crippen LogP contribution in [0.3, 0.4) is 0 Å². The molecule has 2 rings (SSSR count). The van der Waals surface area contributed by atoms with Gasteiger partial charge in [-0.1, -0.05) is 56.8 Å². The van der Waals surface area contributed by atoms with Crippen molar-refractivity contribution in [2.45, 2.75) is 37.9 Å². The van der Waals surface area contributed by atoms with Crippen molar-refractivity contribution in [2.75, 3.05) is 12.3 Å². The van der Waals surface area contributed by atoms with Gasteiger partial charge in [-0.05, 0) is 34.0 Å². The number of nitrogens with one attached hydrogen (secondary N) is 1. The van der Waals surface area contributed by atoms with Gasteiger partial charge in [0, 0.05) is 18.8 Å². The van der Waals surface area contributed by atoms with Crippen molar-refractivity contribution in [3.63, 3.8) is 0 Å². The molecule has 0 bridgehead atoms. The third-order valence-corrected chi connectivity index (χ3v) is 4.52. The molecule has 1 heterocycles. The Balaban J connectivity index is 2.05. The SMILES string of the molecule is CCNC(CSc1nnnn1C)c1ccc(C(C)C)cc1. The minimum absolute atomic E-state index is 0.304. The van der Waals surface area contributed by atoms with Gasteiger partial charge in [0.05, 0.1) is 0 Å². The highest BCUT2D eigenvalue weighted by Crippen LogP contribution is 2.24. The Morgan fingerprint density at radius 3 is 2.38 bits per heavy atom. The van der Waals surface area contributed by atoms with Crippen LogP contribution in [0.2, 0.25) is 0 Å². The van der Waals surface area contributed by atoms with Gasteiger partial charge in [0.2, 0.25) is 5.16 Å². The predicted molar refractivity (Wildman–Crippen MR) is 86.5 cm³/mol. The molecule has 6 heteroatoms. The van der Waals surface area contributed by atoms with Crippen molar-refractivity contribution in [2.24, 2.45) is 7.05 Å². The standard InChI is InChI=1S/C15H23N5S/c1-5-16-14(10-21-15-17-18-19-20(15)4)13-8-6-12(7-9-13)11(2)3/h6-9,11,14,16H,5,10H2,1-4H3. The maximum atomic E-state index is 4.02. The summed E-state index contributed by atoms with van der Waals surface area (Å²) >= 11 is 1.67. The van der Waals surface area contributed by atoms with Crippen molar-refractivity contribution in [3.8, 4) is 0 Å². The van der Waals surface area contributed by atoms with Crippen LogP contribution in [0.1, 0.15) is 43.9 Å². The zero-order valence-corrected chi connectivity index (χ0v) is 13.9. The molecule has 0 saturated heterocycles. The first kappa shape index (κ1) is 16.0. The van der Waals surface area contributed by atoms with E-state index in [1.807, 2.05) is 7.05 Å². The van der Waals surface area contributed by atoms with Crippen molar-refractivity contribution in [3.05, 3.63) is 35.4 Å². The lowest BCUT2D eigenvalue weighted by Gasteiger charge is -2.18. The Morgan fingerprint density at radius 1 is 1.19 bits per heavy atom. The summed E-state index contributed by atoms with van der Waals surface area (Å²) in [7, 11) is 1.86. The second kappa shape index (κ2) is 7.56. The number of rotatable bonds is 7. The number of tetrazole rings is 1. The molecule has 0 radical (unpaired) electrons. The highest BCUT2D eigenvalue weighted by atomic mass is 32.2. The molecule has 2 aromatic rings. The molecule has 1 N–H and O–H groups in total. The zero-order valence-electron chi connectivity index (χ0n) is 13.1. The van der Waals surface area contributed by atoms with Gasteiger partial charge in [-0.2, -0.15) is 0 Å². The zero-order chi connectivity index (χ0) is 15.2. The van der Waals surface area contributed by atoms with E-state index in [0.29, 0.717) is 12.0 Å². The van der Waals surface area contributed by atoms with E-state index in [1.165, 1.54) is 11.1 Å². The molecule has 0 fully saturated rings. The summed E-state index contributed by atoms with van der Waals surface area (Å²) in [6.45, 7) is 7.50. The van der Waals surface area contributed by atoms with Crippen molar-refractivity contribution in [1.29, 1.82) is 0 Å². The van der Waals surface area contributed by atoms with E-state index in [2.05, 4.69) is 65.9 Å². The molecular weight excluding hydrogens is 282 g/mol. The summed E-state index contributed by atoms with van der Waals surface area (Å²) in [5.41, 5.74) is 2.68. The lowest BCUT2D eigenvalue weighted by atomic mass is 9.99. The lowest BCUT2D eigenvalue weighted by molar-refractivity contribution is 0.603. The third kappa shape index (κ3) is 4.28. The molecule has 0 amide bonds. The molecule has 21 heavy (non-hydrogen) atoms. The van der Waals surface area contributed by atoms with E-state index in [9.17, 15) is 0 Å². The van der Waals surface area contributed by atoms with Crippen LogP contribution >= 0.6 is 11.8 Å². The summed E-state index contributed by atoms with van der Waals surface area (Å²) in [4.78, 5) is 0. The molecule has 1 unspecified atom stereocenters. The molecule has 0 saturated carbocycles.